The van der Waals surface area contributed by atoms with Crippen molar-refractivity contribution in [3.05, 3.63) is 34.3 Å². The van der Waals surface area contributed by atoms with Crippen LogP contribution < -0.4 is 0 Å². The molecular weight excluding hydrogens is 223 g/mol. The van der Waals surface area contributed by atoms with Gasteiger partial charge in [0, 0.05) is 23.1 Å². The molecule has 3 heteroatoms. The number of benzene rings is 1. The molecule has 0 saturated heterocycles. The lowest BCUT2D eigenvalue weighted by Gasteiger charge is -2.07. The Morgan fingerprint density at radius 1 is 1.42 bits per heavy atom. The van der Waals surface area contributed by atoms with Crippen molar-refractivity contribution in [3.63, 3.8) is 0 Å². The normalized spacial score (nSPS) is 12.9. The van der Waals surface area contributed by atoms with Crippen molar-refractivity contribution in [1.29, 1.82) is 0 Å². The summed E-state index contributed by atoms with van der Waals surface area (Å²) in [4.78, 5) is 0. The van der Waals surface area contributed by atoms with Crippen LogP contribution in [0.5, 0.6) is 0 Å². The molecule has 1 aromatic carbocycles. The van der Waals surface area contributed by atoms with Crippen LogP contribution in [0.4, 0.5) is 4.39 Å². The Kier molecular flexibility index (Phi) is 3.69. The first kappa shape index (κ1) is 9.68. The van der Waals surface area contributed by atoms with E-state index < -0.39 is 6.17 Å². The predicted octanol–water partition coefficient (Wildman–Crippen LogP) is 2.84. The number of aliphatic hydroxyl groups is 1. The summed E-state index contributed by atoms with van der Waals surface area (Å²) in [5.74, 6) is 0. The van der Waals surface area contributed by atoms with Gasteiger partial charge in [0.05, 0.1) is 0 Å². The van der Waals surface area contributed by atoms with Crippen molar-refractivity contribution in [2.24, 2.45) is 0 Å². The second kappa shape index (κ2) is 4.58. The van der Waals surface area contributed by atoms with Gasteiger partial charge >= 0.3 is 0 Å². The van der Waals surface area contributed by atoms with Gasteiger partial charge in [0.2, 0.25) is 0 Å². The average Bonchev–Trinajstić information content (AvgIpc) is 2.05. The SMILES string of the molecule is OCCC(F)c1ccccc1Br. The molecule has 1 aromatic rings. The van der Waals surface area contributed by atoms with Crippen LogP contribution in [0.3, 0.4) is 0 Å². The molecule has 0 saturated carbocycles. The van der Waals surface area contributed by atoms with Crippen LogP contribution in [0.15, 0.2) is 28.7 Å². The van der Waals surface area contributed by atoms with E-state index in [1.54, 1.807) is 18.2 Å². The number of hydrogen-bond donors (Lipinski definition) is 1. The quantitative estimate of drug-likeness (QED) is 0.850. The fourth-order valence-corrected chi connectivity index (χ4v) is 1.53. The van der Waals surface area contributed by atoms with Crippen molar-refractivity contribution in [3.8, 4) is 0 Å². The van der Waals surface area contributed by atoms with E-state index in [1.807, 2.05) is 6.07 Å². The maximum absolute atomic E-state index is 13.2. The fourth-order valence-electron chi connectivity index (χ4n) is 0.998. The third-order valence-corrected chi connectivity index (χ3v) is 2.35. The van der Waals surface area contributed by atoms with Gasteiger partial charge in [0.15, 0.2) is 0 Å². The fraction of sp³-hybridized carbons (Fsp3) is 0.333. The molecule has 66 valence electrons. The molecule has 1 N–H and O–H groups in total. The smallest absolute Gasteiger partial charge is 0.128 e. The lowest BCUT2D eigenvalue weighted by Crippen LogP contribution is -1.95. The first-order chi connectivity index (χ1) is 5.75. The standard InChI is InChI=1S/C9H10BrFO/c10-8-4-2-1-3-7(8)9(11)5-6-12/h1-4,9,12H,5-6H2. The monoisotopic (exact) mass is 232 g/mol. The topological polar surface area (TPSA) is 20.2 Å². The Labute approximate surface area is 79.4 Å². The molecule has 0 fully saturated rings. The zero-order valence-corrected chi connectivity index (χ0v) is 8.09. The third-order valence-electron chi connectivity index (χ3n) is 1.63. The van der Waals surface area contributed by atoms with Gasteiger partial charge in [-0.25, -0.2) is 4.39 Å². The number of alkyl halides is 1. The van der Waals surface area contributed by atoms with E-state index in [0.29, 0.717) is 5.56 Å². The Balaban J connectivity index is 2.79. The summed E-state index contributed by atoms with van der Waals surface area (Å²) in [5.41, 5.74) is 0.603. The molecule has 0 radical (unpaired) electrons. The molecule has 1 atom stereocenters. The van der Waals surface area contributed by atoms with Gasteiger partial charge < -0.3 is 5.11 Å². The van der Waals surface area contributed by atoms with E-state index in [2.05, 4.69) is 15.9 Å². The van der Waals surface area contributed by atoms with Crippen molar-refractivity contribution < 1.29 is 9.50 Å². The van der Waals surface area contributed by atoms with Crippen LogP contribution in [0.1, 0.15) is 18.2 Å². The molecule has 1 rings (SSSR count). The van der Waals surface area contributed by atoms with Crippen LogP contribution >= 0.6 is 15.9 Å². The summed E-state index contributed by atoms with van der Waals surface area (Å²) in [6.45, 7) is -0.123. The Hall–Kier alpha value is -0.410. The minimum atomic E-state index is -1.08. The van der Waals surface area contributed by atoms with Gasteiger partial charge in [-0.05, 0) is 6.07 Å². The van der Waals surface area contributed by atoms with Crippen LogP contribution in [0.2, 0.25) is 0 Å². The molecular formula is C9H10BrFO. The number of rotatable bonds is 3. The molecule has 1 unspecified atom stereocenters. The summed E-state index contributed by atoms with van der Waals surface area (Å²) in [5, 5.41) is 8.53. The van der Waals surface area contributed by atoms with E-state index in [1.165, 1.54) is 0 Å². The summed E-state index contributed by atoms with van der Waals surface area (Å²) in [6, 6.07) is 7.12. The van der Waals surface area contributed by atoms with Crippen LogP contribution in [-0.2, 0) is 0 Å². The molecule has 1 nitrogen and oxygen atoms in total. The van der Waals surface area contributed by atoms with E-state index in [4.69, 9.17) is 5.11 Å². The molecule has 0 heterocycles. The second-order valence-electron chi connectivity index (χ2n) is 2.50. The Morgan fingerprint density at radius 3 is 2.67 bits per heavy atom. The van der Waals surface area contributed by atoms with Crippen molar-refractivity contribution in [1.82, 2.24) is 0 Å². The van der Waals surface area contributed by atoms with Gasteiger partial charge in [-0.2, -0.15) is 0 Å². The minimum Gasteiger partial charge on any atom is -0.396 e. The highest BCUT2D eigenvalue weighted by Gasteiger charge is 2.11. The zero-order valence-electron chi connectivity index (χ0n) is 6.50. The Bertz CT molecular complexity index is 252. The number of halogens is 2. The molecule has 0 aromatic heterocycles. The molecule has 0 amide bonds. The summed E-state index contributed by atoms with van der Waals surface area (Å²) in [6.07, 6.45) is -0.923. The maximum Gasteiger partial charge on any atom is 0.128 e. The van der Waals surface area contributed by atoms with E-state index >= 15 is 0 Å². The predicted molar refractivity (Wildman–Crippen MR) is 49.7 cm³/mol. The van der Waals surface area contributed by atoms with Crippen LogP contribution in [0.25, 0.3) is 0 Å². The number of hydrogen-bond acceptors (Lipinski definition) is 1. The highest BCUT2D eigenvalue weighted by atomic mass is 79.9. The highest BCUT2D eigenvalue weighted by molar-refractivity contribution is 9.10. The van der Waals surface area contributed by atoms with Gasteiger partial charge in [-0.15, -0.1) is 0 Å². The van der Waals surface area contributed by atoms with E-state index in [-0.39, 0.29) is 13.0 Å². The third kappa shape index (κ3) is 2.29. The largest absolute Gasteiger partial charge is 0.396 e. The molecule has 0 aliphatic heterocycles. The lowest BCUT2D eigenvalue weighted by molar-refractivity contribution is 0.221. The van der Waals surface area contributed by atoms with Crippen molar-refractivity contribution >= 4 is 15.9 Å². The first-order valence-electron chi connectivity index (χ1n) is 3.75. The summed E-state index contributed by atoms with van der Waals surface area (Å²) in [7, 11) is 0. The Morgan fingerprint density at radius 2 is 2.08 bits per heavy atom. The molecule has 0 aliphatic rings. The first-order valence-corrected chi connectivity index (χ1v) is 4.54. The van der Waals surface area contributed by atoms with E-state index in [0.717, 1.165) is 4.47 Å². The van der Waals surface area contributed by atoms with Crippen LogP contribution in [-0.4, -0.2) is 11.7 Å². The average molecular weight is 233 g/mol. The molecule has 0 spiro atoms. The second-order valence-corrected chi connectivity index (χ2v) is 3.36. The molecule has 0 bridgehead atoms. The lowest BCUT2D eigenvalue weighted by atomic mass is 10.1. The summed E-state index contributed by atoms with van der Waals surface area (Å²) < 4.78 is 14.0. The van der Waals surface area contributed by atoms with Crippen molar-refractivity contribution in [2.45, 2.75) is 12.6 Å². The molecule has 12 heavy (non-hydrogen) atoms. The van der Waals surface area contributed by atoms with Gasteiger partial charge in [0.1, 0.15) is 6.17 Å². The van der Waals surface area contributed by atoms with Crippen LogP contribution in [0, 0.1) is 0 Å². The highest BCUT2D eigenvalue weighted by Crippen LogP contribution is 2.27. The summed E-state index contributed by atoms with van der Waals surface area (Å²) >= 11 is 3.25. The minimum absolute atomic E-state index is 0.123. The van der Waals surface area contributed by atoms with E-state index in [9.17, 15) is 4.39 Å². The zero-order chi connectivity index (χ0) is 8.97. The van der Waals surface area contributed by atoms with Gasteiger partial charge in [0.25, 0.3) is 0 Å². The van der Waals surface area contributed by atoms with Gasteiger partial charge in [-0.3, -0.25) is 0 Å². The van der Waals surface area contributed by atoms with Crippen molar-refractivity contribution in [2.75, 3.05) is 6.61 Å². The van der Waals surface area contributed by atoms with Gasteiger partial charge in [-0.1, -0.05) is 34.1 Å². The maximum atomic E-state index is 13.2. The molecule has 0 aliphatic carbocycles. The number of aliphatic hydroxyl groups excluding tert-OH is 1.